The Labute approximate surface area is 168 Å². The molecule has 0 radical (unpaired) electrons. The number of benzene rings is 2. The van der Waals surface area contributed by atoms with Gasteiger partial charge in [-0.25, -0.2) is 14.4 Å². The first kappa shape index (κ1) is 19.4. The maximum absolute atomic E-state index is 14.0. The Morgan fingerprint density at radius 1 is 1.14 bits per heavy atom. The fraction of sp³-hybridized carbons (Fsp3) is 0.0556. The van der Waals surface area contributed by atoms with Crippen LogP contribution in [0.3, 0.4) is 0 Å². The predicted molar refractivity (Wildman–Crippen MR) is 108 cm³/mol. The van der Waals surface area contributed by atoms with Crippen molar-refractivity contribution < 1.29 is 13.9 Å². The van der Waals surface area contributed by atoms with E-state index < -0.39 is 11.7 Å². The molecule has 0 aliphatic rings. The number of halogens is 2. The summed E-state index contributed by atoms with van der Waals surface area (Å²) in [7, 11) is 1.54. The minimum absolute atomic E-state index is 0.111. The number of methoxy groups -OCH3 is 1. The molecule has 1 heterocycles. The number of aromatic nitrogens is 2. The summed E-state index contributed by atoms with van der Waals surface area (Å²) >= 11 is 3.19. The molecule has 0 atom stereocenters. The molecule has 10 heteroatoms. The Hall–Kier alpha value is -3.40. The van der Waals surface area contributed by atoms with E-state index in [4.69, 9.17) is 10.5 Å². The Balaban J connectivity index is 1.71. The molecule has 28 heavy (non-hydrogen) atoms. The van der Waals surface area contributed by atoms with Gasteiger partial charge in [-0.1, -0.05) is 15.9 Å². The topological polar surface area (TPSA) is 114 Å². The number of carbonyl (C=O) groups excluding carboxylic acids is 1. The summed E-state index contributed by atoms with van der Waals surface area (Å²) in [6.45, 7) is 0. The quantitative estimate of drug-likeness (QED) is 0.428. The van der Waals surface area contributed by atoms with Gasteiger partial charge in [0.1, 0.15) is 23.6 Å². The second-order valence-corrected chi connectivity index (χ2v) is 6.46. The van der Waals surface area contributed by atoms with Gasteiger partial charge in [-0.2, -0.15) is 0 Å². The highest BCUT2D eigenvalue weighted by Crippen LogP contribution is 2.28. The Morgan fingerprint density at radius 3 is 2.54 bits per heavy atom. The molecule has 3 aromatic rings. The molecule has 0 bridgehead atoms. The number of nitrogens with two attached hydrogens (primary N) is 1. The van der Waals surface area contributed by atoms with Gasteiger partial charge >= 0.3 is 0 Å². The Kier molecular flexibility index (Phi) is 5.90. The summed E-state index contributed by atoms with van der Waals surface area (Å²) in [6, 6.07) is 11.1. The van der Waals surface area contributed by atoms with Crippen LogP contribution in [-0.2, 0) is 0 Å². The zero-order chi connectivity index (χ0) is 20.1. The number of rotatable bonds is 6. The van der Waals surface area contributed by atoms with Crippen LogP contribution in [0.2, 0.25) is 0 Å². The molecule has 0 aliphatic carbocycles. The van der Waals surface area contributed by atoms with Crippen LogP contribution in [0.1, 0.15) is 10.4 Å². The van der Waals surface area contributed by atoms with E-state index in [1.54, 1.807) is 43.5 Å². The summed E-state index contributed by atoms with van der Waals surface area (Å²) in [6.07, 6.45) is 1.23. The highest BCUT2D eigenvalue weighted by atomic mass is 79.9. The summed E-state index contributed by atoms with van der Waals surface area (Å²) < 4.78 is 19.7. The minimum atomic E-state index is -0.477. The van der Waals surface area contributed by atoms with Crippen LogP contribution < -0.4 is 26.6 Å². The normalized spacial score (nSPS) is 10.2. The molecule has 5 N–H and O–H groups in total. The number of carbonyl (C=O) groups is 1. The van der Waals surface area contributed by atoms with E-state index >= 15 is 0 Å². The van der Waals surface area contributed by atoms with Crippen molar-refractivity contribution in [3.05, 3.63) is 64.6 Å². The van der Waals surface area contributed by atoms with Crippen molar-refractivity contribution in [3.8, 4) is 5.75 Å². The second-order valence-electron chi connectivity index (χ2n) is 5.54. The SMILES string of the molecule is COc1ccc(C(=O)NNc2ncnc(Nc3ccc(Br)cc3F)c2N)cc1. The number of ether oxygens (including phenoxy) is 1. The van der Waals surface area contributed by atoms with E-state index in [1.165, 1.54) is 12.4 Å². The molecule has 0 saturated carbocycles. The number of anilines is 4. The lowest BCUT2D eigenvalue weighted by molar-refractivity contribution is 0.0962. The van der Waals surface area contributed by atoms with Gasteiger partial charge in [0, 0.05) is 10.0 Å². The first-order chi connectivity index (χ1) is 13.5. The lowest BCUT2D eigenvalue weighted by atomic mass is 10.2. The van der Waals surface area contributed by atoms with Gasteiger partial charge in [-0.3, -0.25) is 15.6 Å². The van der Waals surface area contributed by atoms with Crippen LogP contribution >= 0.6 is 15.9 Å². The average Bonchev–Trinajstić information content (AvgIpc) is 2.70. The zero-order valence-electron chi connectivity index (χ0n) is 14.7. The number of hydrogen-bond acceptors (Lipinski definition) is 7. The van der Waals surface area contributed by atoms with Gasteiger partial charge in [0.2, 0.25) is 0 Å². The third-order valence-corrected chi connectivity index (χ3v) is 4.21. The van der Waals surface area contributed by atoms with Gasteiger partial charge in [-0.05, 0) is 42.5 Å². The molecule has 3 rings (SSSR count). The Morgan fingerprint density at radius 2 is 1.86 bits per heavy atom. The number of nitrogens with zero attached hydrogens (tertiary/aromatic N) is 2. The third kappa shape index (κ3) is 4.46. The standard InChI is InChI=1S/C18H16BrFN6O2/c1-28-12-5-2-10(3-6-12)18(27)26-25-17-15(21)16(22-9-23-17)24-14-7-4-11(19)8-13(14)20/h2-9H,21H2,1H3,(H,26,27)(H2,22,23,24,25). The third-order valence-electron chi connectivity index (χ3n) is 3.71. The highest BCUT2D eigenvalue weighted by Gasteiger charge is 2.12. The number of amides is 1. The molecule has 0 spiro atoms. The number of nitrogen functional groups attached to an aromatic ring is 1. The molecule has 1 amide bonds. The molecule has 2 aromatic carbocycles. The van der Waals surface area contributed by atoms with Gasteiger partial charge in [0.05, 0.1) is 12.8 Å². The van der Waals surface area contributed by atoms with Crippen LogP contribution in [0.25, 0.3) is 0 Å². The van der Waals surface area contributed by atoms with Crippen molar-refractivity contribution in [1.82, 2.24) is 15.4 Å². The number of hydrogen-bond donors (Lipinski definition) is 4. The summed E-state index contributed by atoms with van der Waals surface area (Å²) in [4.78, 5) is 20.2. The lowest BCUT2D eigenvalue weighted by Gasteiger charge is -2.13. The van der Waals surface area contributed by atoms with E-state index in [9.17, 15) is 9.18 Å². The molecule has 0 saturated heterocycles. The minimum Gasteiger partial charge on any atom is -0.497 e. The molecule has 0 unspecified atom stereocenters. The van der Waals surface area contributed by atoms with Gasteiger partial charge in [0.15, 0.2) is 11.6 Å². The van der Waals surface area contributed by atoms with Crippen LogP contribution in [0.15, 0.2) is 53.3 Å². The van der Waals surface area contributed by atoms with E-state index in [2.05, 4.69) is 42.1 Å². The number of nitrogens with one attached hydrogen (secondary N) is 3. The van der Waals surface area contributed by atoms with Crippen LogP contribution in [0.5, 0.6) is 5.75 Å². The maximum atomic E-state index is 14.0. The Bertz CT molecular complexity index is 1000. The van der Waals surface area contributed by atoms with Gasteiger partial charge in [0.25, 0.3) is 5.91 Å². The van der Waals surface area contributed by atoms with Gasteiger partial charge < -0.3 is 15.8 Å². The van der Waals surface area contributed by atoms with Crippen LogP contribution in [-0.4, -0.2) is 23.0 Å². The van der Waals surface area contributed by atoms with E-state index in [-0.39, 0.29) is 23.0 Å². The van der Waals surface area contributed by atoms with Crippen molar-refractivity contribution in [2.24, 2.45) is 0 Å². The molecular formula is C18H16BrFN6O2. The van der Waals surface area contributed by atoms with Crippen LogP contribution in [0.4, 0.5) is 27.4 Å². The number of hydrazine groups is 1. The molecular weight excluding hydrogens is 431 g/mol. The smallest absolute Gasteiger partial charge is 0.269 e. The molecule has 0 aliphatic heterocycles. The fourth-order valence-electron chi connectivity index (χ4n) is 2.24. The van der Waals surface area contributed by atoms with Crippen LogP contribution in [0, 0.1) is 5.82 Å². The first-order valence-corrected chi connectivity index (χ1v) is 8.80. The van der Waals surface area contributed by atoms with Crippen molar-refractivity contribution in [3.63, 3.8) is 0 Å². The summed E-state index contributed by atoms with van der Waals surface area (Å²) in [5.41, 5.74) is 11.9. The molecule has 8 nitrogen and oxygen atoms in total. The average molecular weight is 447 g/mol. The molecule has 1 aromatic heterocycles. The fourth-order valence-corrected chi connectivity index (χ4v) is 2.58. The van der Waals surface area contributed by atoms with Crippen molar-refractivity contribution >= 4 is 44.8 Å². The molecule has 0 fully saturated rings. The monoisotopic (exact) mass is 446 g/mol. The van der Waals surface area contributed by atoms with Crippen molar-refractivity contribution in [2.75, 3.05) is 23.6 Å². The van der Waals surface area contributed by atoms with Crippen molar-refractivity contribution in [1.29, 1.82) is 0 Å². The van der Waals surface area contributed by atoms with E-state index in [1.807, 2.05) is 0 Å². The van der Waals surface area contributed by atoms with E-state index in [0.717, 1.165) is 0 Å². The first-order valence-electron chi connectivity index (χ1n) is 8.01. The lowest BCUT2D eigenvalue weighted by Crippen LogP contribution is -2.30. The maximum Gasteiger partial charge on any atom is 0.269 e. The zero-order valence-corrected chi connectivity index (χ0v) is 16.2. The second kappa shape index (κ2) is 8.53. The largest absolute Gasteiger partial charge is 0.497 e. The predicted octanol–water partition coefficient (Wildman–Crippen LogP) is 3.47. The highest BCUT2D eigenvalue weighted by molar-refractivity contribution is 9.10. The van der Waals surface area contributed by atoms with Gasteiger partial charge in [-0.15, -0.1) is 0 Å². The summed E-state index contributed by atoms with van der Waals surface area (Å²) in [5, 5.41) is 2.80. The van der Waals surface area contributed by atoms with Crippen molar-refractivity contribution in [2.45, 2.75) is 0 Å². The van der Waals surface area contributed by atoms with E-state index in [0.29, 0.717) is 15.8 Å². The molecule has 144 valence electrons. The summed E-state index contributed by atoms with van der Waals surface area (Å²) in [5.74, 6) is 0.124.